The van der Waals surface area contributed by atoms with Gasteiger partial charge in [0.2, 0.25) is 0 Å². The van der Waals surface area contributed by atoms with E-state index in [1.54, 1.807) is 11.3 Å². The van der Waals surface area contributed by atoms with Gasteiger partial charge in [-0.25, -0.2) is 4.98 Å². The highest BCUT2D eigenvalue weighted by molar-refractivity contribution is 7.71. The Labute approximate surface area is 122 Å². The number of nitrogens with one attached hydrogen (secondary N) is 1. The van der Waals surface area contributed by atoms with Crippen molar-refractivity contribution in [2.24, 2.45) is 0 Å². The molecule has 0 fully saturated rings. The van der Waals surface area contributed by atoms with Gasteiger partial charge in [-0.05, 0) is 38.9 Å². The minimum atomic E-state index is 0.294. The molecule has 2 rings (SSSR count). The fourth-order valence-electron chi connectivity index (χ4n) is 2.08. The molecule has 0 saturated heterocycles. The Morgan fingerprint density at radius 3 is 2.68 bits per heavy atom. The van der Waals surface area contributed by atoms with Crippen molar-refractivity contribution in [3.63, 3.8) is 0 Å². The average Bonchev–Trinajstić information content (AvgIpc) is 2.93. The van der Waals surface area contributed by atoms with Crippen LogP contribution in [0.15, 0.2) is 0 Å². The van der Waals surface area contributed by atoms with Gasteiger partial charge in [0.05, 0.1) is 15.6 Å². The quantitative estimate of drug-likeness (QED) is 0.843. The molecule has 2 aromatic rings. The Morgan fingerprint density at radius 2 is 2.11 bits per heavy atom. The molecule has 0 radical (unpaired) electrons. The fourth-order valence-corrected chi connectivity index (χ4v) is 3.46. The minimum absolute atomic E-state index is 0.294. The second kappa shape index (κ2) is 5.96. The van der Waals surface area contributed by atoms with E-state index in [-0.39, 0.29) is 0 Å². The van der Waals surface area contributed by atoms with Crippen LogP contribution in [-0.2, 0) is 12.8 Å². The van der Waals surface area contributed by atoms with Gasteiger partial charge in [0.1, 0.15) is 0 Å². The van der Waals surface area contributed by atoms with Crippen LogP contribution in [0.25, 0.3) is 10.7 Å². The summed E-state index contributed by atoms with van der Waals surface area (Å²) < 4.78 is 2.75. The lowest BCUT2D eigenvalue weighted by molar-refractivity contribution is 0.597. The second-order valence-electron chi connectivity index (χ2n) is 4.80. The van der Waals surface area contributed by atoms with Gasteiger partial charge in [0.15, 0.2) is 10.6 Å². The molecule has 0 saturated carbocycles. The van der Waals surface area contributed by atoms with Crippen LogP contribution in [0.1, 0.15) is 50.9 Å². The molecule has 0 aliphatic heterocycles. The Morgan fingerprint density at radius 1 is 1.37 bits per heavy atom. The standard InChI is InChI=1S/C13H20N4S2/c1-5-7-9-11(19-10(6-2)14-9)12-15-16-13(18)17(12)8(3)4/h8H,5-7H2,1-4H3,(H,16,18). The van der Waals surface area contributed by atoms with Crippen LogP contribution in [0.5, 0.6) is 0 Å². The van der Waals surface area contributed by atoms with Gasteiger partial charge in [0.25, 0.3) is 0 Å². The Balaban J connectivity index is 2.57. The molecule has 0 atom stereocenters. The van der Waals surface area contributed by atoms with E-state index in [0.29, 0.717) is 10.8 Å². The lowest BCUT2D eigenvalue weighted by Gasteiger charge is -2.09. The van der Waals surface area contributed by atoms with Crippen molar-refractivity contribution < 1.29 is 0 Å². The molecule has 1 N–H and O–H groups in total. The van der Waals surface area contributed by atoms with Crippen molar-refractivity contribution in [1.29, 1.82) is 0 Å². The Kier molecular flexibility index (Phi) is 4.52. The van der Waals surface area contributed by atoms with Crippen LogP contribution in [0.4, 0.5) is 0 Å². The van der Waals surface area contributed by atoms with Crippen LogP contribution in [-0.4, -0.2) is 19.7 Å². The van der Waals surface area contributed by atoms with Crippen molar-refractivity contribution in [3.05, 3.63) is 15.5 Å². The number of hydrogen-bond donors (Lipinski definition) is 1. The third-order valence-corrected chi connectivity index (χ3v) is 4.48. The van der Waals surface area contributed by atoms with E-state index in [0.717, 1.165) is 30.8 Å². The number of aryl methyl sites for hydroxylation is 2. The monoisotopic (exact) mass is 296 g/mol. The van der Waals surface area contributed by atoms with E-state index in [9.17, 15) is 0 Å². The molecule has 2 heterocycles. The first kappa shape index (κ1) is 14.4. The van der Waals surface area contributed by atoms with Crippen LogP contribution >= 0.6 is 23.6 Å². The summed E-state index contributed by atoms with van der Waals surface area (Å²) in [6.45, 7) is 8.55. The van der Waals surface area contributed by atoms with Crippen LogP contribution in [0, 0.1) is 4.77 Å². The molecule has 0 spiro atoms. The van der Waals surface area contributed by atoms with Crippen molar-refractivity contribution in [2.45, 2.75) is 53.0 Å². The molecule has 19 heavy (non-hydrogen) atoms. The predicted octanol–water partition coefficient (Wildman–Crippen LogP) is 4.16. The zero-order valence-corrected chi connectivity index (χ0v) is 13.5. The van der Waals surface area contributed by atoms with Crippen molar-refractivity contribution in [2.75, 3.05) is 0 Å². The van der Waals surface area contributed by atoms with Crippen molar-refractivity contribution in [1.82, 2.24) is 19.7 Å². The first-order valence-corrected chi connectivity index (χ1v) is 7.96. The number of aromatic amines is 1. The first-order valence-electron chi connectivity index (χ1n) is 6.74. The predicted molar refractivity (Wildman–Crippen MR) is 82.3 cm³/mol. The number of nitrogens with zero attached hydrogens (tertiary/aromatic N) is 3. The lowest BCUT2D eigenvalue weighted by atomic mass is 10.2. The van der Waals surface area contributed by atoms with Gasteiger partial charge < -0.3 is 0 Å². The summed E-state index contributed by atoms with van der Waals surface area (Å²) in [7, 11) is 0. The molecule has 4 nitrogen and oxygen atoms in total. The third kappa shape index (κ3) is 2.79. The number of thiazole rings is 1. The summed E-state index contributed by atoms with van der Waals surface area (Å²) in [6.07, 6.45) is 3.05. The molecule has 0 aliphatic rings. The molecule has 0 aromatic carbocycles. The SMILES string of the molecule is CCCc1nc(CC)sc1-c1n[nH]c(=S)n1C(C)C. The second-order valence-corrected chi connectivity index (χ2v) is 6.27. The lowest BCUT2D eigenvalue weighted by Crippen LogP contribution is -2.03. The number of rotatable bonds is 5. The normalized spacial score (nSPS) is 11.4. The topological polar surface area (TPSA) is 46.5 Å². The highest BCUT2D eigenvalue weighted by Gasteiger charge is 2.18. The summed E-state index contributed by atoms with van der Waals surface area (Å²) in [4.78, 5) is 5.89. The zero-order chi connectivity index (χ0) is 14.0. The van der Waals surface area contributed by atoms with E-state index in [2.05, 4.69) is 42.5 Å². The van der Waals surface area contributed by atoms with Crippen molar-refractivity contribution in [3.8, 4) is 10.7 Å². The summed E-state index contributed by atoms with van der Waals surface area (Å²) in [5.41, 5.74) is 1.15. The minimum Gasteiger partial charge on any atom is -0.297 e. The largest absolute Gasteiger partial charge is 0.297 e. The maximum atomic E-state index is 5.32. The summed E-state index contributed by atoms with van der Waals surface area (Å²) in [5, 5.41) is 8.49. The van der Waals surface area contributed by atoms with Crippen LogP contribution < -0.4 is 0 Å². The molecule has 0 unspecified atom stereocenters. The summed E-state index contributed by atoms with van der Waals surface area (Å²) in [5.74, 6) is 0.931. The van der Waals surface area contributed by atoms with E-state index in [1.165, 1.54) is 9.88 Å². The number of aromatic nitrogens is 4. The van der Waals surface area contributed by atoms with Gasteiger partial charge in [-0.1, -0.05) is 20.3 Å². The van der Waals surface area contributed by atoms with Gasteiger partial charge in [0, 0.05) is 6.04 Å². The third-order valence-electron chi connectivity index (χ3n) is 2.95. The molecule has 6 heteroatoms. The zero-order valence-electron chi connectivity index (χ0n) is 11.9. The van der Waals surface area contributed by atoms with E-state index < -0.39 is 0 Å². The molecule has 0 amide bonds. The van der Waals surface area contributed by atoms with Gasteiger partial charge in [-0.3, -0.25) is 9.67 Å². The fraction of sp³-hybridized carbons (Fsp3) is 0.615. The van der Waals surface area contributed by atoms with Crippen molar-refractivity contribution >= 4 is 23.6 Å². The molecule has 0 aliphatic carbocycles. The molecular formula is C13H20N4S2. The smallest absolute Gasteiger partial charge is 0.195 e. The highest BCUT2D eigenvalue weighted by Crippen LogP contribution is 2.31. The molecule has 2 aromatic heterocycles. The summed E-state index contributed by atoms with van der Waals surface area (Å²) in [6, 6.07) is 0.294. The molecule has 104 valence electrons. The Bertz CT molecular complexity index is 606. The van der Waals surface area contributed by atoms with Gasteiger partial charge >= 0.3 is 0 Å². The molecule has 0 bridgehead atoms. The van der Waals surface area contributed by atoms with E-state index >= 15 is 0 Å². The first-order chi connectivity index (χ1) is 9.08. The van der Waals surface area contributed by atoms with Gasteiger partial charge in [-0.15, -0.1) is 11.3 Å². The summed E-state index contributed by atoms with van der Waals surface area (Å²) >= 11 is 7.06. The van der Waals surface area contributed by atoms with Crippen LogP contribution in [0.2, 0.25) is 0 Å². The van der Waals surface area contributed by atoms with E-state index in [1.807, 2.05) is 0 Å². The highest BCUT2D eigenvalue weighted by atomic mass is 32.1. The Hall–Kier alpha value is -1.01. The van der Waals surface area contributed by atoms with Crippen LogP contribution in [0.3, 0.4) is 0 Å². The number of hydrogen-bond acceptors (Lipinski definition) is 4. The number of H-pyrrole nitrogens is 1. The van der Waals surface area contributed by atoms with Gasteiger partial charge in [-0.2, -0.15) is 5.10 Å². The molecular weight excluding hydrogens is 276 g/mol. The average molecular weight is 296 g/mol. The maximum absolute atomic E-state index is 5.32. The maximum Gasteiger partial charge on any atom is 0.195 e. The van der Waals surface area contributed by atoms with E-state index in [4.69, 9.17) is 17.2 Å².